The molecule has 19 heavy (non-hydrogen) atoms. The van der Waals surface area contributed by atoms with Crippen LogP contribution in [-0.4, -0.2) is 27.0 Å². The molecule has 0 bridgehead atoms. The maximum absolute atomic E-state index is 11.9. The number of nitrogens with zero attached hydrogens (tertiary/aromatic N) is 1. The van der Waals surface area contributed by atoms with E-state index in [1.165, 1.54) is 12.1 Å². The van der Waals surface area contributed by atoms with Crippen molar-refractivity contribution in [3.63, 3.8) is 0 Å². The molecule has 0 saturated heterocycles. The molecule has 0 aromatic heterocycles. The summed E-state index contributed by atoms with van der Waals surface area (Å²) in [7, 11) is 0. The molecule has 0 radical (unpaired) electrons. The summed E-state index contributed by atoms with van der Waals surface area (Å²) in [5.74, 6) is 0.00415. The molecule has 0 atom stereocenters. The second kappa shape index (κ2) is 8.46. The normalized spacial score (nSPS) is 11.1. The molecular weight excluding hydrogens is 429 g/mol. The number of halogens is 4. The van der Waals surface area contributed by atoms with Gasteiger partial charge in [0.2, 0.25) is 0 Å². The maximum atomic E-state index is 11.9. The van der Waals surface area contributed by atoms with Crippen LogP contribution in [0.3, 0.4) is 0 Å². The molecular formula is C10H10Cl3IN2O3-2. The molecule has 108 valence electrons. The molecule has 0 aliphatic carbocycles. The first-order chi connectivity index (χ1) is 8.97. The van der Waals surface area contributed by atoms with Crippen molar-refractivity contribution in [3.05, 3.63) is 36.5 Å². The fourth-order valence-electron chi connectivity index (χ4n) is 1.24. The molecule has 0 saturated carbocycles. The zero-order valence-electron chi connectivity index (χ0n) is 9.50. The first kappa shape index (κ1) is 17.2. The monoisotopic (exact) mass is 438 g/mol. The predicted molar refractivity (Wildman–Crippen MR) is 69.8 cm³/mol. The van der Waals surface area contributed by atoms with Gasteiger partial charge in [0, 0.05) is 0 Å². The van der Waals surface area contributed by atoms with E-state index in [4.69, 9.17) is 40.0 Å². The van der Waals surface area contributed by atoms with Crippen molar-refractivity contribution in [2.75, 3.05) is 12.4 Å². The van der Waals surface area contributed by atoms with Crippen molar-refractivity contribution in [2.24, 2.45) is 0 Å². The Balaban J connectivity index is 2.95. The van der Waals surface area contributed by atoms with Gasteiger partial charge < -0.3 is 0 Å². The standard InChI is InChI=1S/C10H10Cl3IN2O3/c11-4-1-5-15-10(17)8-6(12)2-3-7(9(8)13)14-16(18)19/h2-3,18H,1,4-5H2,(H,15,17)/q-2. The second-order valence-electron chi connectivity index (χ2n) is 3.33. The van der Waals surface area contributed by atoms with Gasteiger partial charge in [0.25, 0.3) is 0 Å². The van der Waals surface area contributed by atoms with Crippen LogP contribution in [0, 0.1) is 8.78 Å². The van der Waals surface area contributed by atoms with Crippen molar-refractivity contribution in [1.29, 1.82) is 0 Å². The third-order valence-electron chi connectivity index (χ3n) is 2.03. The van der Waals surface area contributed by atoms with Gasteiger partial charge in [-0.05, 0) is 0 Å². The van der Waals surface area contributed by atoms with Crippen LogP contribution in [0.1, 0.15) is 16.8 Å². The van der Waals surface area contributed by atoms with E-state index >= 15 is 0 Å². The molecule has 0 aliphatic heterocycles. The summed E-state index contributed by atoms with van der Waals surface area (Å²) in [5, 5.41) is 22.3. The summed E-state index contributed by atoms with van der Waals surface area (Å²) < 4.78 is 0.258. The third kappa shape index (κ3) is 5.22. The van der Waals surface area contributed by atoms with Crippen molar-refractivity contribution in [2.45, 2.75) is 6.42 Å². The first-order valence-corrected chi connectivity index (χ1v) is 8.44. The number of nitrogens with one attached hydrogen (secondary N) is 1. The summed E-state index contributed by atoms with van der Waals surface area (Å²) in [6.45, 7) is 0.405. The quantitative estimate of drug-likeness (QED) is 0.160. The van der Waals surface area contributed by atoms with E-state index < -0.39 is 27.4 Å². The summed E-state index contributed by atoms with van der Waals surface area (Å²) in [4.78, 5) is 11.9. The number of benzene rings is 1. The molecule has 0 spiro atoms. The van der Waals surface area contributed by atoms with E-state index in [1.54, 1.807) is 0 Å². The molecule has 9 heteroatoms. The SMILES string of the molecule is O=C(NCCCCl)c1c(Cl)ccc([I-]N([O-])O)c1Cl. The van der Waals surface area contributed by atoms with Gasteiger partial charge in [0.05, 0.1) is 0 Å². The summed E-state index contributed by atoms with van der Waals surface area (Å²) in [5.41, 5.74) is 0.108. The van der Waals surface area contributed by atoms with Crippen LogP contribution in [-0.2, 0) is 0 Å². The van der Waals surface area contributed by atoms with Crippen molar-refractivity contribution >= 4 is 40.7 Å². The molecule has 1 amide bonds. The minimum atomic E-state index is -1.38. The van der Waals surface area contributed by atoms with Crippen LogP contribution < -0.4 is 26.8 Å². The zero-order valence-corrected chi connectivity index (χ0v) is 13.9. The fraction of sp³-hybridized carbons (Fsp3) is 0.300. The van der Waals surface area contributed by atoms with Crippen molar-refractivity contribution < 1.29 is 31.5 Å². The van der Waals surface area contributed by atoms with Crippen molar-refractivity contribution in [1.82, 2.24) is 8.76 Å². The van der Waals surface area contributed by atoms with Gasteiger partial charge in [-0.3, -0.25) is 0 Å². The zero-order chi connectivity index (χ0) is 14.4. The Kier molecular flexibility index (Phi) is 7.66. The van der Waals surface area contributed by atoms with Crippen LogP contribution in [0.15, 0.2) is 12.1 Å². The van der Waals surface area contributed by atoms with Crippen LogP contribution in [0.4, 0.5) is 0 Å². The van der Waals surface area contributed by atoms with Crippen LogP contribution >= 0.6 is 34.8 Å². The average molecular weight is 439 g/mol. The number of carbonyl (C=O) groups is 1. The van der Waals surface area contributed by atoms with Gasteiger partial charge in [-0.2, -0.15) is 0 Å². The van der Waals surface area contributed by atoms with E-state index in [0.29, 0.717) is 22.4 Å². The molecule has 2 N–H and O–H groups in total. The Morgan fingerprint density at radius 3 is 2.74 bits per heavy atom. The van der Waals surface area contributed by atoms with Crippen LogP contribution in [0.25, 0.3) is 0 Å². The molecule has 0 unspecified atom stereocenters. The fourth-order valence-corrected chi connectivity index (χ4v) is 3.39. The summed E-state index contributed by atoms with van der Waals surface area (Å²) in [6, 6.07) is 3.00. The van der Waals surface area contributed by atoms with E-state index in [0.717, 1.165) is 0 Å². The molecule has 5 nitrogen and oxygen atoms in total. The number of amides is 1. The van der Waals surface area contributed by atoms with Crippen LogP contribution in [0.2, 0.25) is 10.0 Å². The number of alkyl halides is 1. The summed E-state index contributed by atoms with van der Waals surface area (Å²) in [6.07, 6.45) is 0.625. The Morgan fingerprint density at radius 1 is 1.47 bits per heavy atom. The Morgan fingerprint density at radius 2 is 2.16 bits per heavy atom. The van der Waals surface area contributed by atoms with Gasteiger partial charge in [0.15, 0.2) is 0 Å². The Labute approximate surface area is 136 Å². The summed E-state index contributed by atoms with van der Waals surface area (Å²) >= 11 is 16.1. The molecule has 0 heterocycles. The molecule has 1 rings (SSSR count). The van der Waals surface area contributed by atoms with Gasteiger partial charge in [-0.1, -0.05) is 0 Å². The van der Waals surface area contributed by atoms with Crippen LogP contribution in [0.5, 0.6) is 0 Å². The van der Waals surface area contributed by atoms with E-state index in [2.05, 4.69) is 5.32 Å². The molecule has 0 fully saturated rings. The predicted octanol–water partition coefficient (Wildman–Crippen LogP) is -0.285. The molecule has 1 aromatic rings. The van der Waals surface area contributed by atoms with Crippen molar-refractivity contribution in [3.8, 4) is 0 Å². The van der Waals surface area contributed by atoms with E-state index in [-0.39, 0.29) is 19.0 Å². The number of carbonyl (C=O) groups excluding carboxylic acids is 1. The van der Waals surface area contributed by atoms with E-state index in [9.17, 15) is 10.0 Å². The number of rotatable bonds is 6. The van der Waals surface area contributed by atoms with Gasteiger partial charge >= 0.3 is 136 Å². The minimum absolute atomic E-state index is 0.0959. The third-order valence-corrected chi connectivity index (χ3v) is 5.16. The van der Waals surface area contributed by atoms with E-state index in [1.807, 2.05) is 0 Å². The van der Waals surface area contributed by atoms with Gasteiger partial charge in [-0.15, -0.1) is 0 Å². The van der Waals surface area contributed by atoms with Gasteiger partial charge in [0.1, 0.15) is 0 Å². The molecule has 0 aliphatic rings. The second-order valence-corrected chi connectivity index (χ2v) is 6.96. The molecule has 1 aromatic carbocycles. The Hall–Kier alpha value is 0.170. The topological polar surface area (TPSA) is 75.6 Å². The number of hydrogen-bond donors (Lipinski definition) is 2. The first-order valence-electron chi connectivity index (χ1n) is 5.10. The van der Waals surface area contributed by atoms with Gasteiger partial charge in [-0.25, -0.2) is 0 Å². The number of hydrogen-bond acceptors (Lipinski definition) is 4. The average Bonchev–Trinajstić information content (AvgIpc) is 2.33. The Bertz CT molecular complexity index is 460.